The molecule has 0 spiro atoms. The van der Waals surface area contributed by atoms with Crippen molar-refractivity contribution < 1.29 is 14.1 Å². The number of hydrogen-bond donors (Lipinski definition) is 1. The second-order valence-corrected chi connectivity index (χ2v) is 6.34. The maximum absolute atomic E-state index is 11.8. The van der Waals surface area contributed by atoms with Crippen LogP contribution >= 0.6 is 11.8 Å². The van der Waals surface area contributed by atoms with Crippen LogP contribution in [0, 0.1) is 0 Å². The third-order valence-corrected chi connectivity index (χ3v) is 4.01. The van der Waals surface area contributed by atoms with Crippen LogP contribution in [-0.4, -0.2) is 16.2 Å². The third-order valence-electron chi connectivity index (χ3n) is 3.17. The molecule has 122 valence electrons. The van der Waals surface area contributed by atoms with Crippen molar-refractivity contribution in [3.05, 3.63) is 47.9 Å². The summed E-state index contributed by atoms with van der Waals surface area (Å²) in [5.74, 6) is 1.36. The Morgan fingerprint density at radius 1 is 1.22 bits per heavy atom. The SMILES string of the molecule is CC(=O)SCc1cc(CCCCC(=O)Nc2ccccc2)on1. The van der Waals surface area contributed by atoms with E-state index in [1.807, 2.05) is 36.4 Å². The molecule has 1 heterocycles. The summed E-state index contributed by atoms with van der Waals surface area (Å²) in [5.41, 5.74) is 1.60. The van der Waals surface area contributed by atoms with Gasteiger partial charge in [-0.15, -0.1) is 0 Å². The molecule has 6 heteroatoms. The highest BCUT2D eigenvalue weighted by Crippen LogP contribution is 2.15. The first kappa shape index (κ1) is 17.3. The van der Waals surface area contributed by atoms with E-state index in [1.54, 1.807) is 0 Å². The van der Waals surface area contributed by atoms with Gasteiger partial charge in [0.05, 0.1) is 5.69 Å². The molecule has 5 nitrogen and oxygen atoms in total. The summed E-state index contributed by atoms with van der Waals surface area (Å²) in [6.07, 6.45) is 2.88. The van der Waals surface area contributed by atoms with Gasteiger partial charge in [-0.1, -0.05) is 35.1 Å². The number of nitrogens with zero attached hydrogens (tertiary/aromatic N) is 1. The Bertz CT molecular complexity index is 640. The fourth-order valence-electron chi connectivity index (χ4n) is 2.05. The highest BCUT2D eigenvalue weighted by molar-refractivity contribution is 8.12. The number of aryl methyl sites for hydroxylation is 1. The Morgan fingerprint density at radius 3 is 2.74 bits per heavy atom. The molecule has 0 saturated carbocycles. The van der Waals surface area contributed by atoms with Gasteiger partial charge in [-0.3, -0.25) is 9.59 Å². The van der Waals surface area contributed by atoms with Crippen molar-refractivity contribution in [2.24, 2.45) is 0 Å². The van der Waals surface area contributed by atoms with Crippen LogP contribution in [0.25, 0.3) is 0 Å². The molecule has 0 unspecified atom stereocenters. The predicted octanol–water partition coefficient (Wildman–Crippen LogP) is 3.81. The zero-order valence-corrected chi connectivity index (χ0v) is 13.9. The topological polar surface area (TPSA) is 72.2 Å². The van der Waals surface area contributed by atoms with Crippen LogP contribution in [0.5, 0.6) is 0 Å². The molecule has 0 aliphatic carbocycles. The third kappa shape index (κ3) is 6.69. The summed E-state index contributed by atoms with van der Waals surface area (Å²) in [4.78, 5) is 22.7. The Morgan fingerprint density at radius 2 is 2.00 bits per heavy atom. The number of anilines is 1. The van der Waals surface area contributed by atoms with E-state index in [0.717, 1.165) is 36.4 Å². The molecular weight excluding hydrogens is 312 g/mol. The molecule has 23 heavy (non-hydrogen) atoms. The minimum Gasteiger partial charge on any atom is -0.361 e. The molecule has 2 aromatic rings. The number of para-hydroxylation sites is 1. The fourth-order valence-corrected chi connectivity index (χ4v) is 2.53. The number of hydrogen-bond acceptors (Lipinski definition) is 5. The molecule has 0 atom stereocenters. The van der Waals surface area contributed by atoms with Crippen molar-refractivity contribution >= 4 is 28.5 Å². The van der Waals surface area contributed by atoms with Gasteiger partial charge in [-0.05, 0) is 25.0 Å². The molecule has 0 aliphatic rings. The number of benzene rings is 1. The van der Waals surface area contributed by atoms with Gasteiger partial charge in [0, 0.05) is 37.3 Å². The fraction of sp³-hybridized carbons (Fsp3) is 0.353. The highest BCUT2D eigenvalue weighted by atomic mass is 32.2. The Kier molecular flexibility index (Phi) is 6.87. The van der Waals surface area contributed by atoms with Gasteiger partial charge >= 0.3 is 0 Å². The molecule has 0 fully saturated rings. The van der Waals surface area contributed by atoms with Gasteiger partial charge in [0.15, 0.2) is 5.12 Å². The maximum atomic E-state index is 11.8. The van der Waals surface area contributed by atoms with E-state index in [1.165, 1.54) is 18.7 Å². The Labute approximate surface area is 139 Å². The van der Waals surface area contributed by atoms with Crippen LogP contribution in [0.2, 0.25) is 0 Å². The first-order valence-electron chi connectivity index (χ1n) is 7.56. The van der Waals surface area contributed by atoms with Gasteiger partial charge in [0.1, 0.15) is 5.76 Å². The number of nitrogens with one attached hydrogen (secondary N) is 1. The summed E-state index contributed by atoms with van der Waals surface area (Å²) >= 11 is 1.22. The molecular formula is C17H20N2O3S. The number of aromatic nitrogens is 1. The van der Waals surface area contributed by atoms with E-state index >= 15 is 0 Å². The van der Waals surface area contributed by atoms with E-state index in [-0.39, 0.29) is 11.0 Å². The molecule has 1 amide bonds. The number of thioether (sulfide) groups is 1. The lowest BCUT2D eigenvalue weighted by atomic mass is 10.1. The quantitative estimate of drug-likeness (QED) is 0.744. The molecule has 0 radical (unpaired) electrons. The molecule has 1 aromatic carbocycles. The lowest BCUT2D eigenvalue weighted by Crippen LogP contribution is -2.10. The summed E-state index contributed by atoms with van der Waals surface area (Å²) in [6.45, 7) is 1.53. The van der Waals surface area contributed by atoms with Gasteiger partial charge in [0.2, 0.25) is 5.91 Å². The second kappa shape index (κ2) is 9.15. The smallest absolute Gasteiger partial charge is 0.224 e. The van der Waals surface area contributed by atoms with E-state index in [9.17, 15) is 9.59 Å². The average Bonchev–Trinajstić information content (AvgIpc) is 2.98. The van der Waals surface area contributed by atoms with E-state index in [4.69, 9.17) is 4.52 Å². The molecule has 0 saturated heterocycles. The second-order valence-electron chi connectivity index (χ2n) is 5.19. The zero-order chi connectivity index (χ0) is 16.5. The van der Waals surface area contributed by atoms with E-state index < -0.39 is 0 Å². The van der Waals surface area contributed by atoms with E-state index in [0.29, 0.717) is 12.2 Å². The first-order chi connectivity index (χ1) is 11.1. The number of amides is 1. The lowest BCUT2D eigenvalue weighted by Gasteiger charge is -2.04. The molecule has 0 aliphatic heterocycles. The minimum absolute atomic E-state index is 0.0207. The maximum Gasteiger partial charge on any atom is 0.224 e. The standard InChI is InChI=1S/C17H20N2O3S/c1-13(20)23-12-15-11-16(22-19-15)9-5-6-10-17(21)18-14-7-3-2-4-8-14/h2-4,7-8,11H,5-6,9-10,12H2,1H3,(H,18,21). The number of unbranched alkanes of at least 4 members (excludes halogenated alkanes) is 1. The van der Waals surface area contributed by atoms with Crippen molar-refractivity contribution in [2.45, 2.75) is 38.4 Å². The zero-order valence-electron chi connectivity index (χ0n) is 13.1. The van der Waals surface area contributed by atoms with Gasteiger partial charge in [0.25, 0.3) is 0 Å². The molecule has 1 aromatic heterocycles. The minimum atomic E-state index is 0.0207. The average molecular weight is 332 g/mol. The van der Waals surface area contributed by atoms with Crippen LogP contribution in [0.3, 0.4) is 0 Å². The van der Waals surface area contributed by atoms with Crippen molar-refractivity contribution in [1.29, 1.82) is 0 Å². The number of rotatable bonds is 8. The van der Waals surface area contributed by atoms with Gasteiger partial charge in [-0.2, -0.15) is 0 Å². The summed E-state index contributed by atoms with van der Waals surface area (Å²) < 4.78 is 5.22. The number of carbonyl (C=O) groups is 2. The van der Waals surface area contributed by atoms with Crippen LogP contribution in [-0.2, 0) is 21.8 Å². The van der Waals surface area contributed by atoms with Gasteiger partial charge < -0.3 is 9.84 Å². The molecule has 1 N–H and O–H groups in total. The monoisotopic (exact) mass is 332 g/mol. The van der Waals surface area contributed by atoms with Gasteiger partial charge in [-0.25, -0.2) is 0 Å². The van der Waals surface area contributed by atoms with Crippen LogP contribution in [0.15, 0.2) is 40.9 Å². The normalized spacial score (nSPS) is 10.5. The Balaban J connectivity index is 1.63. The largest absolute Gasteiger partial charge is 0.361 e. The first-order valence-corrected chi connectivity index (χ1v) is 8.55. The summed E-state index contributed by atoms with van der Waals surface area (Å²) in [7, 11) is 0. The Hall–Kier alpha value is -2.08. The predicted molar refractivity (Wildman–Crippen MR) is 91.1 cm³/mol. The van der Waals surface area contributed by atoms with Crippen LogP contribution in [0.4, 0.5) is 5.69 Å². The highest BCUT2D eigenvalue weighted by Gasteiger charge is 2.07. The summed E-state index contributed by atoms with van der Waals surface area (Å²) in [6, 6.07) is 11.3. The molecule has 2 rings (SSSR count). The van der Waals surface area contributed by atoms with Crippen molar-refractivity contribution in [1.82, 2.24) is 5.16 Å². The lowest BCUT2D eigenvalue weighted by molar-refractivity contribution is -0.116. The van der Waals surface area contributed by atoms with Crippen molar-refractivity contribution in [3.63, 3.8) is 0 Å². The number of carbonyl (C=O) groups excluding carboxylic acids is 2. The van der Waals surface area contributed by atoms with Crippen LogP contribution < -0.4 is 5.32 Å². The van der Waals surface area contributed by atoms with E-state index in [2.05, 4.69) is 10.5 Å². The molecule has 0 bridgehead atoms. The van der Waals surface area contributed by atoms with Crippen molar-refractivity contribution in [3.8, 4) is 0 Å². The van der Waals surface area contributed by atoms with Crippen LogP contribution in [0.1, 0.15) is 37.6 Å². The van der Waals surface area contributed by atoms with Crippen molar-refractivity contribution in [2.75, 3.05) is 5.32 Å². The summed E-state index contributed by atoms with van der Waals surface area (Å²) in [5, 5.41) is 6.86.